The lowest BCUT2D eigenvalue weighted by molar-refractivity contribution is 0.0529. The minimum Gasteiger partial charge on any atom is -0.444 e. The molecule has 0 atom stereocenters. The third kappa shape index (κ3) is 10.2. The van der Waals surface area contributed by atoms with Gasteiger partial charge in [-0.3, -0.25) is 9.89 Å². The van der Waals surface area contributed by atoms with Crippen molar-refractivity contribution in [3.05, 3.63) is 35.4 Å². The average molecular weight is 517 g/mol. The monoisotopic (exact) mass is 517 g/mol. The van der Waals surface area contributed by atoms with Crippen molar-refractivity contribution in [2.24, 2.45) is 4.99 Å². The maximum atomic E-state index is 11.7. The number of fused-ring (bicyclic) bond motifs is 1. The molecule has 1 amide bonds. The molecule has 3 N–H and O–H groups in total. The zero-order chi connectivity index (χ0) is 20.4. The van der Waals surface area contributed by atoms with Gasteiger partial charge in [-0.15, -0.1) is 24.0 Å². The summed E-state index contributed by atoms with van der Waals surface area (Å²) < 4.78 is 5.22. The topological polar surface area (TPSA) is 78.0 Å². The number of nitrogens with zero attached hydrogens (tertiary/aromatic N) is 2. The molecule has 0 bridgehead atoms. The SMILES string of the molecule is CCNC(=NCCN1CCc2ccccc2C1)NCCNC(=O)OC(C)(C)C.I. The third-order valence-corrected chi connectivity index (χ3v) is 4.33. The molecule has 1 aromatic rings. The summed E-state index contributed by atoms with van der Waals surface area (Å²) in [5.41, 5.74) is 2.41. The van der Waals surface area contributed by atoms with Gasteiger partial charge in [0.1, 0.15) is 5.60 Å². The second-order valence-corrected chi connectivity index (χ2v) is 7.91. The number of hydrogen-bond acceptors (Lipinski definition) is 4. The lowest BCUT2D eigenvalue weighted by atomic mass is 10.0. The molecule has 2 rings (SSSR count). The highest BCUT2D eigenvalue weighted by molar-refractivity contribution is 14.0. The minimum absolute atomic E-state index is 0. The Labute approximate surface area is 192 Å². The van der Waals surface area contributed by atoms with E-state index in [9.17, 15) is 4.79 Å². The van der Waals surface area contributed by atoms with E-state index in [4.69, 9.17) is 4.74 Å². The van der Waals surface area contributed by atoms with E-state index < -0.39 is 11.7 Å². The molecule has 1 heterocycles. The van der Waals surface area contributed by atoms with Crippen LogP contribution in [0.5, 0.6) is 0 Å². The Hall–Kier alpha value is -1.55. The van der Waals surface area contributed by atoms with E-state index in [2.05, 4.69) is 50.1 Å². The summed E-state index contributed by atoms with van der Waals surface area (Å²) in [5, 5.41) is 9.22. The summed E-state index contributed by atoms with van der Waals surface area (Å²) in [7, 11) is 0. The van der Waals surface area contributed by atoms with Gasteiger partial charge in [0.05, 0.1) is 6.54 Å². The number of alkyl carbamates (subject to hydrolysis) is 1. The number of carbonyl (C=O) groups excluding carboxylic acids is 1. The number of nitrogens with one attached hydrogen (secondary N) is 3. The van der Waals surface area contributed by atoms with Crippen LogP contribution >= 0.6 is 24.0 Å². The first-order valence-electron chi connectivity index (χ1n) is 10.2. The first-order chi connectivity index (χ1) is 13.4. The summed E-state index contributed by atoms with van der Waals surface area (Å²) in [5.74, 6) is 0.769. The standard InChI is InChI=1S/C21H35N5O2.HI/c1-5-22-19(23-11-12-25-20(27)28-21(2,3)4)24-13-15-26-14-10-17-8-6-7-9-18(17)16-26;/h6-9H,5,10-16H2,1-4H3,(H,25,27)(H2,22,23,24);1H. The fraction of sp³-hybridized carbons (Fsp3) is 0.619. The van der Waals surface area contributed by atoms with E-state index in [1.807, 2.05) is 27.7 Å². The molecular formula is C21H36IN5O2. The molecule has 1 aliphatic rings. The van der Waals surface area contributed by atoms with Gasteiger partial charge < -0.3 is 20.7 Å². The molecule has 0 fully saturated rings. The smallest absolute Gasteiger partial charge is 0.407 e. The molecule has 29 heavy (non-hydrogen) atoms. The Morgan fingerprint density at radius 3 is 2.52 bits per heavy atom. The van der Waals surface area contributed by atoms with Crippen molar-refractivity contribution in [1.82, 2.24) is 20.9 Å². The van der Waals surface area contributed by atoms with Crippen molar-refractivity contribution in [3.8, 4) is 0 Å². The molecule has 0 spiro atoms. The third-order valence-electron chi connectivity index (χ3n) is 4.33. The number of halogens is 1. The molecule has 7 nitrogen and oxygen atoms in total. The summed E-state index contributed by atoms with van der Waals surface area (Å²) in [6.45, 7) is 13.2. The van der Waals surface area contributed by atoms with Gasteiger partial charge in [-0.1, -0.05) is 24.3 Å². The highest BCUT2D eigenvalue weighted by Crippen LogP contribution is 2.17. The van der Waals surface area contributed by atoms with Crippen molar-refractivity contribution >= 4 is 36.0 Å². The van der Waals surface area contributed by atoms with Gasteiger partial charge in [0.2, 0.25) is 0 Å². The quantitative estimate of drug-likeness (QED) is 0.225. The van der Waals surface area contributed by atoms with E-state index in [0.717, 1.165) is 45.1 Å². The van der Waals surface area contributed by atoms with E-state index >= 15 is 0 Å². The Bertz CT molecular complexity index is 661. The zero-order valence-corrected chi connectivity index (χ0v) is 20.4. The minimum atomic E-state index is -0.483. The van der Waals surface area contributed by atoms with Gasteiger partial charge in [0, 0.05) is 39.3 Å². The molecule has 0 aromatic heterocycles. The summed E-state index contributed by atoms with van der Waals surface area (Å²) >= 11 is 0. The predicted molar refractivity (Wildman–Crippen MR) is 129 cm³/mol. The van der Waals surface area contributed by atoms with Gasteiger partial charge in [0.15, 0.2) is 5.96 Å². The summed E-state index contributed by atoms with van der Waals surface area (Å²) in [6, 6.07) is 8.67. The van der Waals surface area contributed by atoms with E-state index in [1.165, 1.54) is 11.1 Å². The number of ether oxygens (including phenoxy) is 1. The first-order valence-corrected chi connectivity index (χ1v) is 10.2. The van der Waals surface area contributed by atoms with Crippen molar-refractivity contribution in [3.63, 3.8) is 0 Å². The molecule has 1 aromatic carbocycles. The van der Waals surface area contributed by atoms with Crippen LogP contribution in [0.25, 0.3) is 0 Å². The predicted octanol–water partition coefficient (Wildman–Crippen LogP) is 2.74. The van der Waals surface area contributed by atoms with E-state index in [1.54, 1.807) is 0 Å². The van der Waals surface area contributed by atoms with Gasteiger partial charge >= 0.3 is 6.09 Å². The van der Waals surface area contributed by atoms with Crippen LogP contribution in [0.15, 0.2) is 29.3 Å². The molecule has 0 aliphatic carbocycles. The van der Waals surface area contributed by atoms with Gasteiger partial charge in [-0.05, 0) is 45.2 Å². The highest BCUT2D eigenvalue weighted by Gasteiger charge is 2.16. The average Bonchev–Trinajstić information content (AvgIpc) is 2.63. The highest BCUT2D eigenvalue weighted by atomic mass is 127. The van der Waals surface area contributed by atoms with E-state index in [-0.39, 0.29) is 24.0 Å². The maximum Gasteiger partial charge on any atom is 0.407 e. The fourth-order valence-corrected chi connectivity index (χ4v) is 3.05. The lowest BCUT2D eigenvalue weighted by Crippen LogP contribution is -2.43. The van der Waals surface area contributed by atoms with Crippen molar-refractivity contribution < 1.29 is 9.53 Å². The molecule has 1 aliphatic heterocycles. The van der Waals surface area contributed by atoms with Gasteiger partial charge in [-0.25, -0.2) is 4.79 Å². The number of rotatable bonds is 7. The van der Waals surface area contributed by atoms with Crippen LogP contribution in [0.4, 0.5) is 4.79 Å². The Morgan fingerprint density at radius 2 is 1.83 bits per heavy atom. The molecule has 0 radical (unpaired) electrons. The Kier molecular flexibility index (Phi) is 11.3. The van der Waals surface area contributed by atoms with Gasteiger partial charge in [-0.2, -0.15) is 0 Å². The normalized spacial score (nSPS) is 14.4. The molecule has 8 heteroatoms. The van der Waals surface area contributed by atoms with Crippen molar-refractivity contribution in [2.45, 2.75) is 46.3 Å². The maximum absolute atomic E-state index is 11.7. The number of aliphatic imine (C=N–C) groups is 1. The van der Waals surface area contributed by atoms with Crippen LogP contribution in [-0.4, -0.2) is 61.8 Å². The number of amides is 1. The van der Waals surface area contributed by atoms with Crippen LogP contribution in [0.3, 0.4) is 0 Å². The number of guanidine groups is 1. The van der Waals surface area contributed by atoms with Crippen molar-refractivity contribution in [1.29, 1.82) is 0 Å². The van der Waals surface area contributed by atoms with Crippen LogP contribution < -0.4 is 16.0 Å². The first kappa shape index (κ1) is 25.5. The zero-order valence-electron chi connectivity index (χ0n) is 18.1. The van der Waals surface area contributed by atoms with Crippen molar-refractivity contribution in [2.75, 3.05) is 39.3 Å². The molecule has 164 valence electrons. The second kappa shape index (κ2) is 12.9. The Morgan fingerprint density at radius 1 is 1.14 bits per heavy atom. The lowest BCUT2D eigenvalue weighted by Gasteiger charge is -2.28. The molecule has 0 saturated heterocycles. The number of benzene rings is 1. The molecule has 0 saturated carbocycles. The van der Waals surface area contributed by atoms with Crippen LogP contribution in [0.2, 0.25) is 0 Å². The van der Waals surface area contributed by atoms with Crippen LogP contribution in [0, 0.1) is 0 Å². The molecule has 0 unspecified atom stereocenters. The largest absolute Gasteiger partial charge is 0.444 e. The summed E-state index contributed by atoms with van der Waals surface area (Å²) in [6.07, 6.45) is 0.704. The Balaban J connectivity index is 0.00000420. The fourth-order valence-electron chi connectivity index (χ4n) is 3.05. The number of hydrogen-bond donors (Lipinski definition) is 3. The van der Waals surface area contributed by atoms with Crippen LogP contribution in [-0.2, 0) is 17.7 Å². The van der Waals surface area contributed by atoms with E-state index in [0.29, 0.717) is 13.1 Å². The van der Waals surface area contributed by atoms with Crippen LogP contribution in [0.1, 0.15) is 38.8 Å². The second-order valence-electron chi connectivity index (χ2n) is 7.91. The van der Waals surface area contributed by atoms with Gasteiger partial charge in [0.25, 0.3) is 0 Å². The number of carbonyl (C=O) groups is 1. The summed E-state index contributed by atoms with van der Waals surface area (Å²) in [4.78, 5) is 18.7. The molecular weight excluding hydrogens is 481 g/mol.